The van der Waals surface area contributed by atoms with Crippen molar-refractivity contribution in [3.05, 3.63) is 46.5 Å². The van der Waals surface area contributed by atoms with Crippen molar-refractivity contribution in [3.8, 4) is 11.4 Å². The van der Waals surface area contributed by atoms with Crippen molar-refractivity contribution in [1.29, 1.82) is 0 Å². The summed E-state index contributed by atoms with van der Waals surface area (Å²) in [6.45, 7) is 7.79. The minimum Gasteiger partial charge on any atom is -0.307 e. The van der Waals surface area contributed by atoms with Gasteiger partial charge in [-0.3, -0.25) is 0 Å². The van der Waals surface area contributed by atoms with Crippen LogP contribution in [0.2, 0.25) is 0 Å². The lowest BCUT2D eigenvalue weighted by molar-refractivity contribution is 0.627. The molecule has 1 aromatic carbocycles. The van der Waals surface area contributed by atoms with Crippen molar-refractivity contribution in [2.24, 2.45) is 0 Å². The molecule has 2 aromatic rings. The van der Waals surface area contributed by atoms with E-state index in [9.17, 15) is 4.39 Å². The lowest BCUT2D eigenvalue weighted by Crippen LogP contribution is -2.06. The molecule has 3 rings (SSSR count). The van der Waals surface area contributed by atoms with Crippen LogP contribution >= 0.6 is 0 Å². The molecule has 0 saturated carbocycles. The highest BCUT2D eigenvalue weighted by atomic mass is 19.1. The van der Waals surface area contributed by atoms with Crippen LogP contribution in [0, 0.1) is 12.7 Å². The Balaban J connectivity index is 2.17. The monoisotopic (exact) mass is 271 g/mol. The molecule has 0 spiro atoms. The number of aromatic nitrogens is 2. The second-order valence-corrected chi connectivity index (χ2v) is 5.58. The molecule has 0 unspecified atom stereocenters. The lowest BCUT2D eigenvalue weighted by Gasteiger charge is -2.13. The van der Waals surface area contributed by atoms with Crippen molar-refractivity contribution >= 4 is 0 Å². The van der Waals surface area contributed by atoms with Crippen LogP contribution < -0.4 is 5.32 Å². The lowest BCUT2D eigenvalue weighted by atomic mass is 10.0. The second-order valence-electron chi connectivity index (χ2n) is 5.58. The van der Waals surface area contributed by atoms with E-state index in [1.807, 2.05) is 6.92 Å². The number of nitrogens with zero attached hydrogens (tertiary/aromatic N) is 2. The van der Waals surface area contributed by atoms with E-state index in [2.05, 4.69) is 24.1 Å². The Bertz CT molecular complexity index is 665. The van der Waals surface area contributed by atoms with E-state index in [-0.39, 0.29) is 5.82 Å². The highest BCUT2D eigenvalue weighted by Crippen LogP contribution is 2.28. The van der Waals surface area contributed by atoms with Gasteiger partial charge in [-0.2, -0.15) is 0 Å². The average Bonchev–Trinajstić information content (AvgIpc) is 2.85. The molecule has 2 heterocycles. The van der Waals surface area contributed by atoms with Gasteiger partial charge in [-0.1, -0.05) is 13.8 Å². The molecule has 20 heavy (non-hydrogen) atoms. The molecule has 0 bridgehead atoms. The number of fused-ring (bicyclic) bond motifs is 1. The maximum absolute atomic E-state index is 13.2. The number of hydrogen-bond donors (Lipinski definition) is 1. The number of rotatable bonds is 2. The van der Waals surface area contributed by atoms with E-state index in [0.717, 1.165) is 35.6 Å². The molecule has 3 nitrogen and oxygen atoms in total. The van der Waals surface area contributed by atoms with E-state index in [0.29, 0.717) is 11.7 Å². The van der Waals surface area contributed by atoms with E-state index in [4.69, 9.17) is 4.98 Å². The molecule has 1 aliphatic rings. The topological polar surface area (TPSA) is 37.8 Å². The maximum atomic E-state index is 13.2. The van der Waals surface area contributed by atoms with E-state index in [1.54, 1.807) is 6.07 Å². The molecular weight excluding hydrogens is 253 g/mol. The van der Waals surface area contributed by atoms with Gasteiger partial charge in [0.15, 0.2) is 5.82 Å². The number of hydrogen-bond acceptors (Lipinski definition) is 3. The summed E-state index contributed by atoms with van der Waals surface area (Å²) < 4.78 is 13.2. The van der Waals surface area contributed by atoms with Crippen molar-refractivity contribution in [2.75, 3.05) is 0 Å². The predicted octanol–water partition coefficient (Wildman–Crippen LogP) is 3.32. The number of halogens is 1. The van der Waals surface area contributed by atoms with Crippen LogP contribution in [0.15, 0.2) is 18.2 Å². The van der Waals surface area contributed by atoms with Crippen LogP contribution in [0.4, 0.5) is 4.39 Å². The van der Waals surface area contributed by atoms with E-state index >= 15 is 0 Å². The Morgan fingerprint density at radius 3 is 2.70 bits per heavy atom. The summed E-state index contributed by atoms with van der Waals surface area (Å²) in [6, 6.07) is 4.75. The van der Waals surface area contributed by atoms with Crippen LogP contribution in [0.5, 0.6) is 0 Å². The zero-order valence-electron chi connectivity index (χ0n) is 12.0. The fraction of sp³-hybridized carbons (Fsp3) is 0.375. The molecule has 0 atom stereocenters. The highest BCUT2D eigenvalue weighted by molar-refractivity contribution is 5.61. The first-order valence-electron chi connectivity index (χ1n) is 6.93. The minimum atomic E-state index is -0.224. The number of nitrogens with one attached hydrogen (secondary N) is 1. The Labute approximate surface area is 118 Å². The molecule has 1 aromatic heterocycles. The second kappa shape index (κ2) is 4.94. The third-order valence-corrected chi connectivity index (χ3v) is 3.70. The summed E-state index contributed by atoms with van der Waals surface area (Å²) in [5.41, 5.74) is 5.17. The summed E-state index contributed by atoms with van der Waals surface area (Å²) >= 11 is 0. The molecule has 0 aliphatic carbocycles. The van der Waals surface area contributed by atoms with Gasteiger partial charge in [0.05, 0.1) is 11.4 Å². The van der Waals surface area contributed by atoms with E-state index < -0.39 is 0 Å². The molecule has 0 amide bonds. The Hall–Kier alpha value is -1.81. The molecule has 1 aliphatic heterocycles. The van der Waals surface area contributed by atoms with Crippen molar-refractivity contribution in [3.63, 3.8) is 0 Å². The summed E-state index contributed by atoms with van der Waals surface area (Å²) in [7, 11) is 0. The average molecular weight is 271 g/mol. The Morgan fingerprint density at radius 2 is 2.00 bits per heavy atom. The fourth-order valence-corrected chi connectivity index (χ4v) is 2.67. The smallest absolute Gasteiger partial charge is 0.159 e. The SMILES string of the molecule is Cc1cc(F)ccc1-c1nc2c(c(C(C)C)n1)CNC2. The van der Waals surface area contributed by atoms with Crippen LogP contribution in [-0.2, 0) is 13.1 Å². The summed E-state index contributed by atoms with van der Waals surface area (Å²) in [5.74, 6) is 0.831. The van der Waals surface area contributed by atoms with Gasteiger partial charge in [0, 0.05) is 24.2 Å². The third-order valence-electron chi connectivity index (χ3n) is 3.70. The van der Waals surface area contributed by atoms with Crippen molar-refractivity contribution in [1.82, 2.24) is 15.3 Å². The summed E-state index contributed by atoms with van der Waals surface area (Å²) in [4.78, 5) is 9.39. The van der Waals surface area contributed by atoms with Crippen molar-refractivity contribution < 1.29 is 4.39 Å². The minimum absolute atomic E-state index is 0.224. The summed E-state index contributed by atoms with van der Waals surface area (Å²) in [5, 5.41) is 3.32. The van der Waals surface area contributed by atoms with Crippen LogP contribution in [0.25, 0.3) is 11.4 Å². The standard InChI is InChI=1S/C16H18FN3/c1-9(2)15-13-7-18-8-14(13)19-16(20-15)12-5-4-11(17)6-10(12)3/h4-6,9,18H,7-8H2,1-3H3. The molecule has 0 saturated heterocycles. The highest BCUT2D eigenvalue weighted by Gasteiger charge is 2.21. The van der Waals surface area contributed by atoms with Gasteiger partial charge >= 0.3 is 0 Å². The first kappa shape index (κ1) is 13.2. The first-order chi connectivity index (χ1) is 9.56. The Kier molecular flexibility index (Phi) is 3.26. The molecule has 104 valence electrons. The normalized spacial score (nSPS) is 13.8. The third kappa shape index (κ3) is 2.20. The molecule has 0 radical (unpaired) electrons. The number of benzene rings is 1. The van der Waals surface area contributed by atoms with Gasteiger partial charge in [-0.15, -0.1) is 0 Å². The maximum Gasteiger partial charge on any atom is 0.159 e. The van der Waals surface area contributed by atoms with Gasteiger partial charge in [-0.25, -0.2) is 14.4 Å². The van der Waals surface area contributed by atoms with Crippen LogP contribution in [-0.4, -0.2) is 9.97 Å². The molecule has 1 N–H and O–H groups in total. The first-order valence-corrected chi connectivity index (χ1v) is 6.93. The van der Waals surface area contributed by atoms with Crippen LogP contribution in [0.3, 0.4) is 0 Å². The van der Waals surface area contributed by atoms with Gasteiger partial charge in [0.25, 0.3) is 0 Å². The van der Waals surface area contributed by atoms with Gasteiger partial charge in [0.2, 0.25) is 0 Å². The zero-order chi connectivity index (χ0) is 14.3. The van der Waals surface area contributed by atoms with E-state index in [1.165, 1.54) is 17.7 Å². The van der Waals surface area contributed by atoms with Gasteiger partial charge < -0.3 is 5.32 Å². The molecular formula is C16H18FN3. The quantitative estimate of drug-likeness (QED) is 0.910. The Morgan fingerprint density at radius 1 is 1.20 bits per heavy atom. The van der Waals surface area contributed by atoms with Gasteiger partial charge in [-0.05, 0) is 36.6 Å². The largest absolute Gasteiger partial charge is 0.307 e. The fourth-order valence-electron chi connectivity index (χ4n) is 2.67. The molecule has 0 fully saturated rings. The predicted molar refractivity (Wildman–Crippen MR) is 76.8 cm³/mol. The number of aryl methyl sites for hydroxylation is 1. The van der Waals surface area contributed by atoms with Crippen molar-refractivity contribution in [2.45, 2.75) is 39.8 Å². The zero-order valence-corrected chi connectivity index (χ0v) is 12.0. The van der Waals surface area contributed by atoms with Gasteiger partial charge in [0.1, 0.15) is 5.82 Å². The molecule has 4 heteroatoms. The van der Waals surface area contributed by atoms with Crippen LogP contribution in [0.1, 0.15) is 42.3 Å². The summed E-state index contributed by atoms with van der Waals surface area (Å²) in [6.07, 6.45) is 0.